The molecule has 0 spiro atoms. The summed E-state index contributed by atoms with van der Waals surface area (Å²) < 4.78 is 24.0. The van der Waals surface area contributed by atoms with E-state index in [1.807, 2.05) is 47.9 Å². The lowest BCUT2D eigenvalue weighted by Gasteiger charge is -2.10. The maximum atomic E-state index is 12.6. The topological polar surface area (TPSA) is 101 Å². The average Bonchev–Trinajstić information content (AvgIpc) is 3.59. The molecule has 1 N–H and O–H groups in total. The number of aryl methyl sites for hydroxylation is 1. The van der Waals surface area contributed by atoms with Crippen LogP contribution >= 0.6 is 11.8 Å². The van der Waals surface area contributed by atoms with E-state index in [4.69, 9.17) is 18.6 Å². The minimum Gasteiger partial charge on any atom is -0.486 e. The fourth-order valence-electron chi connectivity index (χ4n) is 3.33. The molecular weight excluding hydrogens is 456 g/mol. The lowest BCUT2D eigenvalue weighted by molar-refractivity contribution is -0.113. The van der Waals surface area contributed by atoms with E-state index in [0.29, 0.717) is 34.7 Å². The maximum Gasteiger partial charge on any atom is 0.234 e. The Morgan fingerprint density at radius 3 is 2.79 bits per heavy atom. The summed E-state index contributed by atoms with van der Waals surface area (Å²) in [5.74, 6) is 3.40. The number of rotatable bonds is 9. The van der Waals surface area contributed by atoms with Crippen LogP contribution in [0.2, 0.25) is 0 Å². The number of benzene rings is 2. The Kier molecular flexibility index (Phi) is 6.39. The van der Waals surface area contributed by atoms with E-state index < -0.39 is 0 Å². The van der Waals surface area contributed by atoms with Gasteiger partial charge >= 0.3 is 0 Å². The van der Waals surface area contributed by atoms with Crippen molar-refractivity contribution in [1.82, 2.24) is 14.8 Å². The smallest absolute Gasteiger partial charge is 0.234 e. The van der Waals surface area contributed by atoms with Gasteiger partial charge in [-0.05, 0) is 43.3 Å². The summed E-state index contributed by atoms with van der Waals surface area (Å²) in [4.78, 5) is 12.6. The van der Waals surface area contributed by atoms with Crippen LogP contribution in [0.25, 0.3) is 0 Å². The fourth-order valence-corrected chi connectivity index (χ4v) is 4.09. The number of aromatic nitrogens is 3. The molecule has 0 saturated heterocycles. The second-order valence-corrected chi connectivity index (χ2v) is 8.51. The van der Waals surface area contributed by atoms with Crippen LogP contribution in [0.3, 0.4) is 0 Å². The number of thioether (sulfide) groups is 1. The number of carbonyl (C=O) groups is 1. The van der Waals surface area contributed by atoms with Crippen LogP contribution in [0.4, 0.5) is 5.69 Å². The van der Waals surface area contributed by atoms with Gasteiger partial charge in [0.05, 0.1) is 18.6 Å². The van der Waals surface area contributed by atoms with Crippen molar-refractivity contribution in [3.8, 4) is 17.2 Å². The minimum absolute atomic E-state index is 0.156. The van der Waals surface area contributed by atoms with Crippen LogP contribution < -0.4 is 19.5 Å². The number of hydrogen-bond acceptors (Lipinski definition) is 8. The van der Waals surface area contributed by atoms with Crippen molar-refractivity contribution in [3.63, 3.8) is 0 Å². The molecule has 0 radical (unpaired) electrons. The van der Waals surface area contributed by atoms with Gasteiger partial charge in [0.25, 0.3) is 0 Å². The van der Waals surface area contributed by atoms with Gasteiger partial charge in [0.1, 0.15) is 18.1 Å². The molecule has 9 nitrogen and oxygen atoms in total. The van der Waals surface area contributed by atoms with Gasteiger partial charge in [-0.1, -0.05) is 29.5 Å². The van der Waals surface area contributed by atoms with Crippen molar-refractivity contribution in [1.29, 1.82) is 0 Å². The minimum atomic E-state index is -0.172. The number of furan rings is 1. The number of nitrogens with zero attached hydrogens (tertiary/aromatic N) is 3. The number of carbonyl (C=O) groups excluding carboxylic acids is 1. The van der Waals surface area contributed by atoms with Gasteiger partial charge in [-0.25, -0.2) is 0 Å². The van der Waals surface area contributed by atoms with Gasteiger partial charge in [0, 0.05) is 11.8 Å². The zero-order chi connectivity index (χ0) is 23.3. The first-order valence-corrected chi connectivity index (χ1v) is 11.6. The molecule has 3 heterocycles. The lowest BCUT2D eigenvalue weighted by atomic mass is 10.2. The SMILES string of the molecule is Cc1ccc(OCc2nnc(SCC(=O)Nc3ccc4c(c3)OCO4)n2Cc2ccco2)cc1. The molecule has 0 fully saturated rings. The third-order valence-corrected chi connectivity index (χ3v) is 6.03. The molecule has 10 heteroatoms. The fraction of sp³-hybridized carbons (Fsp3) is 0.208. The van der Waals surface area contributed by atoms with Crippen molar-refractivity contribution >= 4 is 23.4 Å². The summed E-state index contributed by atoms with van der Waals surface area (Å²) in [5, 5.41) is 12.0. The zero-order valence-electron chi connectivity index (χ0n) is 18.4. The van der Waals surface area contributed by atoms with E-state index in [0.717, 1.165) is 17.1 Å². The number of anilines is 1. The highest BCUT2D eigenvalue weighted by molar-refractivity contribution is 7.99. The van der Waals surface area contributed by atoms with E-state index >= 15 is 0 Å². The van der Waals surface area contributed by atoms with E-state index in [-0.39, 0.29) is 25.1 Å². The quantitative estimate of drug-likeness (QED) is 0.356. The number of ether oxygens (including phenoxy) is 3. The number of nitrogens with one attached hydrogen (secondary N) is 1. The summed E-state index contributed by atoms with van der Waals surface area (Å²) >= 11 is 1.29. The molecule has 0 saturated carbocycles. The predicted molar refractivity (Wildman–Crippen MR) is 125 cm³/mol. The molecule has 0 atom stereocenters. The van der Waals surface area contributed by atoms with Crippen molar-refractivity contribution in [2.45, 2.75) is 25.2 Å². The average molecular weight is 479 g/mol. The van der Waals surface area contributed by atoms with Crippen LogP contribution in [-0.2, 0) is 17.9 Å². The summed E-state index contributed by atoms with van der Waals surface area (Å²) in [5.41, 5.74) is 1.80. The number of amides is 1. The molecule has 2 aromatic heterocycles. The Hall–Kier alpha value is -3.92. The Morgan fingerprint density at radius 2 is 1.97 bits per heavy atom. The third-order valence-electron chi connectivity index (χ3n) is 5.07. The van der Waals surface area contributed by atoms with Crippen LogP contribution in [0.5, 0.6) is 17.2 Å². The van der Waals surface area contributed by atoms with Crippen LogP contribution in [-0.4, -0.2) is 33.2 Å². The molecule has 1 amide bonds. The Labute approximate surface area is 200 Å². The Balaban J connectivity index is 1.25. The summed E-state index contributed by atoms with van der Waals surface area (Å²) in [6.07, 6.45) is 1.62. The predicted octanol–water partition coefficient (Wildman–Crippen LogP) is 4.27. The second kappa shape index (κ2) is 9.92. The Bertz CT molecular complexity index is 1270. The molecule has 0 unspecified atom stereocenters. The zero-order valence-corrected chi connectivity index (χ0v) is 19.2. The van der Waals surface area contributed by atoms with Gasteiger partial charge in [0.2, 0.25) is 12.7 Å². The van der Waals surface area contributed by atoms with Gasteiger partial charge in [0.15, 0.2) is 22.5 Å². The highest BCUT2D eigenvalue weighted by atomic mass is 32.2. The number of hydrogen-bond donors (Lipinski definition) is 1. The van der Waals surface area contributed by atoms with E-state index in [1.54, 1.807) is 24.5 Å². The molecule has 0 bridgehead atoms. The molecule has 0 aliphatic carbocycles. The molecule has 1 aliphatic rings. The van der Waals surface area contributed by atoms with Gasteiger partial charge in [-0.15, -0.1) is 10.2 Å². The van der Waals surface area contributed by atoms with E-state index in [1.165, 1.54) is 11.8 Å². The molecule has 5 rings (SSSR count). The highest BCUT2D eigenvalue weighted by Crippen LogP contribution is 2.34. The van der Waals surface area contributed by atoms with Gasteiger partial charge in [-0.2, -0.15) is 0 Å². The van der Waals surface area contributed by atoms with Crippen molar-refractivity contribution in [2.75, 3.05) is 17.9 Å². The van der Waals surface area contributed by atoms with Gasteiger partial charge < -0.3 is 23.9 Å². The molecule has 1 aliphatic heterocycles. The standard InChI is InChI=1S/C24H22N4O5S/c1-16-4-7-18(8-5-16)31-13-22-26-27-24(28(22)12-19-3-2-10-30-19)34-14-23(29)25-17-6-9-20-21(11-17)33-15-32-20/h2-11H,12-15H2,1H3,(H,25,29). The number of fused-ring (bicyclic) bond motifs is 1. The summed E-state index contributed by atoms with van der Waals surface area (Å²) in [7, 11) is 0. The largest absolute Gasteiger partial charge is 0.486 e. The first kappa shape index (κ1) is 21.9. The molecule has 34 heavy (non-hydrogen) atoms. The van der Waals surface area contributed by atoms with Crippen LogP contribution in [0.1, 0.15) is 17.1 Å². The Morgan fingerprint density at radius 1 is 1.12 bits per heavy atom. The monoisotopic (exact) mass is 478 g/mol. The molecule has 4 aromatic rings. The second-order valence-electron chi connectivity index (χ2n) is 7.57. The molecular formula is C24H22N4O5S. The molecule has 174 valence electrons. The van der Waals surface area contributed by atoms with Crippen molar-refractivity contribution < 1.29 is 23.4 Å². The lowest BCUT2D eigenvalue weighted by Crippen LogP contribution is -2.15. The highest BCUT2D eigenvalue weighted by Gasteiger charge is 2.18. The van der Waals surface area contributed by atoms with E-state index in [2.05, 4.69) is 15.5 Å². The third kappa shape index (κ3) is 5.18. The summed E-state index contributed by atoms with van der Waals surface area (Å²) in [6, 6.07) is 16.8. The van der Waals surface area contributed by atoms with Crippen molar-refractivity contribution in [3.05, 3.63) is 78.0 Å². The van der Waals surface area contributed by atoms with Crippen LogP contribution in [0, 0.1) is 6.92 Å². The van der Waals surface area contributed by atoms with Crippen molar-refractivity contribution in [2.24, 2.45) is 0 Å². The summed E-state index contributed by atoms with van der Waals surface area (Å²) in [6.45, 7) is 2.87. The van der Waals surface area contributed by atoms with Crippen LogP contribution in [0.15, 0.2) is 70.4 Å². The maximum absolute atomic E-state index is 12.6. The molecule has 2 aromatic carbocycles. The van der Waals surface area contributed by atoms with E-state index in [9.17, 15) is 4.79 Å². The first-order chi connectivity index (χ1) is 16.6. The normalized spacial score (nSPS) is 12.0. The first-order valence-electron chi connectivity index (χ1n) is 10.6. The van der Waals surface area contributed by atoms with Gasteiger partial charge in [-0.3, -0.25) is 9.36 Å².